The molecule has 0 aliphatic carbocycles. The highest BCUT2D eigenvalue weighted by atomic mass is 16.4. The number of carbonyl (C=O) groups is 1. The third kappa shape index (κ3) is 3.12. The third-order valence-corrected chi connectivity index (χ3v) is 4.85. The fraction of sp³-hybridized carbons (Fsp3) is 0.368. The molecule has 1 N–H and O–H groups in total. The van der Waals surface area contributed by atoms with E-state index in [9.17, 15) is 9.59 Å². The molecule has 1 atom stereocenters. The third-order valence-electron chi connectivity index (χ3n) is 4.85. The molecule has 3 heterocycles. The lowest BCUT2D eigenvalue weighted by atomic mass is 10.0. The lowest BCUT2D eigenvalue weighted by molar-refractivity contribution is -0.120. The molecule has 1 unspecified atom stereocenters. The summed E-state index contributed by atoms with van der Waals surface area (Å²) in [5.41, 5.74) is 1.78. The van der Waals surface area contributed by atoms with Crippen LogP contribution in [0.2, 0.25) is 0 Å². The summed E-state index contributed by atoms with van der Waals surface area (Å²) < 4.78 is 7.33. The summed E-state index contributed by atoms with van der Waals surface area (Å²) in [5.74, 6) is 2.11. The fourth-order valence-electron chi connectivity index (χ4n) is 3.51. The highest BCUT2D eigenvalue weighted by molar-refractivity contribution is 5.87. The van der Waals surface area contributed by atoms with Crippen molar-refractivity contribution in [3.63, 3.8) is 0 Å². The van der Waals surface area contributed by atoms with Crippen molar-refractivity contribution >= 4 is 16.9 Å². The molecular formula is C19H20N4O3. The molecule has 3 aromatic rings. The van der Waals surface area contributed by atoms with E-state index >= 15 is 0 Å². The smallest absolute Gasteiger partial charge is 0.336 e. The van der Waals surface area contributed by atoms with Crippen molar-refractivity contribution in [1.29, 1.82) is 0 Å². The molecule has 0 radical (unpaired) electrons. The zero-order valence-electron chi connectivity index (χ0n) is 14.8. The first kappa shape index (κ1) is 16.5. The lowest BCUT2D eigenvalue weighted by Gasteiger charge is -2.11. The van der Waals surface area contributed by atoms with Gasteiger partial charge >= 0.3 is 5.63 Å². The van der Waals surface area contributed by atoms with E-state index in [1.54, 1.807) is 0 Å². The Morgan fingerprint density at radius 2 is 2.15 bits per heavy atom. The van der Waals surface area contributed by atoms with E-state index in [0.717, 1.165) is 35.6 Å². The van der Waals surface area contributed by atoms with Gasteiger partial charge in [0.15, 0.2) is 0 Å². The van der Waals surface area contributed by atoms with Crippen LogP contribution >= 0.6 is 0 Å². The molecule has 4 rings (SSSR count). The van der Waals surface area contributed by atoms with Gasteiger partial charge in [-0.1, -0.05) is 12.1 Å². The second-order valence-electron chi connectivity index (χ2n) is 6.92. The van der Waals surface area contributed by atoms with Crippen molar-refractivity contribution in [3.05, 3.63) is 57.5 Å². The number of rotatable bonds is 4. The molecular weight excluding hydrogens is 332 g/mol. The maximum absolute atomic E-state index is 12.4. The van der Waals surface area contributed by atoms with Gasteiger partial charge in [0, 0.05) is 36.9 Å². The molecule has 1 aromatic carbocycles. The maximum Gasteiger partial charge on any atom is 0.336 e. The van der Waals surface area contributed by atoms with Gasteiger partial charge in [-0.3, -0.25) is 4.79 Å². The van der Waals surface area contributed by atoms with E-state index < -0.39 is 5.63 Å². The quantitative estimate of drug-likeness (QED) is 0.719. The zero-order chi connectivity index (χ0) is 18.3. The number of amides is 1. The number of carbonyl (C=O) groups excluding carboxylic acids is 1. The van der Waals surface area contributed by atoms with Gasteiger partial charge < -0.3 is 14.3 Å². The lowest BCUT2D eigenvalue weighted by Crippen LogP contribution is -2.31. The monoisotopic (exact) mass is 352 g/mol. The SMILES string of the molecule is Cc1ccc2c(CC(=O)NCC3Cc4nnc(C)n4C3)cc(=O)oc2c1. The average Bonchev–Trinajstić information content (AvgIpc) is 3.14. The van der Waals surface area contributed by atoms with Gasteiger partial charge in [-0.2, -0.15) is 0 Å². The molecule has 26 heavy (non-hydrogen) atoms. The van der Waals surface area contributed by atoms with Crippen LogP contribution in [0.25, 0.3) is 11.0 Å². The van der Waals surface area contributed by atoms with Crippen LogP contribution in [0.15, 0.2) is 33.5 Å². The number of fused-ring (bicyclic) bond motifs is 2. The van der Waals surface area contributed by atoms with Gasteiger partial charge in [0.2, 0.25) is 5.91 Å². The summed E-state index contributed by atoms with van der Waals surface area (Å²) in [6, 6.07) is 7.05. The Kier molecular flexibility index (Phi) is 4.06. The maximum atomic E-state index is 12.4. The molecule has 0 saturated heterocycles. The molecule has 7 nitrogen and oxygen atoms in total. The first-order chi connectivity index (χ1) is 12.5. The molecule has 0 fully saturated rings. The molecule has 0 spiro atoms. The van der Waals surface area contributed by atoms with Crippen molar-refractivity contribution < 1.29 is 9.21 Å². The van der Waals surface area contributed by atoms with E-state index in [1.165, 1.54) is 6.07 Å². The second kappa shape index (κ2) is 6.40. The number of benzene rings is 1. The Bertz CT molecular complexity index is 1050. The minimum Gasteiger partial charge on any atom is -0.423 e. The highest BCUT2D eigenvalue weighted by Crippen LogP contribution is 2.20. The Morgan fingerprint density at radius 3 is 2.96 bits per heavy atom. The molecule has 1 amide bonds. The first-order valence-electron chi connectivity index (χ1n) is 8.68. The molecule has 7 heteroatoms. The van der Waals surface area contributed by atoms with Gasteiger partial charge in [-0.15, -0.1) is 10.2 Å². The summed E-state index contributed by atoms with van der Waals surface area (Å²) in [5, 5.41) is 12.0. The summed E-state index contributed by atoms with van der Waals surface area (Å²) >= 11 is 0. The Labute approximate surface area is 150 Å². The predicted octanol–water partition coefficient (Wildman–Crippen LogP) is 1.53. The van der Waals surface area contributed by atoms with Gasteiger partial charge in [0.05, 0.1) is 6.42 Å². The van der Waals surface area contributed by atoms with E-state index in [2.05, 4.69) is 20.1 Å². The van der Waals surface area contributed by atoms with Crippen LogP contribution in [0.3, 0.4) is 0 Å². The van der Waals surface area contributed by atoms with Crippen molar-refractivity contribution in [2.45, 2.75) is 33.2 Å². The number of nitrogens with zero attached hydrogens (tertiary/aromatic N) is 3. The number of aryl methyl sites for hydroxylation is 2. The van der Waals surface area contributed by atoms with Crippen LogP contribution in [-0.2, 0) is 24.2 Å². The van der Waals surface area contributed by atoms with Gasteiger partial charge in [0.25, 0.3) is 0 Å². The van der Waals surface area contributed by atoms with Crippen LogP contribution in [0, 0.1) is 19.8 Å². The second-order valence-corrected chi connectivity index (χ2v) is 6.92. The van der Waals surface area contributed by atoms with Gasteiger partial charge in [-0.25, -0.2) is 4.79 Å². The minimum atomic E-state index is -0.435. The van der Waals surface area contributed by atoms with Crippen LogP contribution in [0.4, 0.5) is 0 Å². The van der Waals surface area contributed by atoms with E-state index in [-0.39, 0.29) is 12.3 Å². The highest BCUT2D eigenvalue weighted by Gasteiger charge is 2.25. The molecule has 2 aromatic heterocycles. The molecule has 0 saturated carbocycles. The number of aromatic nitrogens is 3. The number of nitrogens with one attached hydrogen (secondary N) is 1. The van der Waals surface area contributed by atoms with Crippen molar-refractivity contribution in [1.82, 2.24) is 20.1 Å². The van der Waals surface area contributed by atoms with Gasteiger partial charge in [-0.05, 0) is 31.0 Å². The standard InChI is InChI=1S/C19H20N4O3/c1-11-3-4-15-14(8-19(25)26-16(15)5-11)7-18(24)20-9-13-6-17-22-21-12(2)23(17)10-13/h3-5,8,13H,6-7,9-10H2,1-2H3,(H,20,24). The normalized spacial score (nSPS) is 16.0. The predicted molar refractivity (Wildman–Crippen MR) is 95.9 cm³/mol. The summed E-state index contributed by atoms with van der Waals surface area (Å²) in [4.78, 5) is 24.2. The first-order valence-corrected chi connectivity index (χ1v) is 8.68. The van der Waals surface area contributed by atoms with Crippen LogP contribution in [0.5, 0.6) is 0 Å². The Morgan fingerprint density at radius 1 is 1.31 bits per heavy atom. The largest absolute Gasteiger partial charge is 0.423 e. The zero-order valence-corrected chi connectivity index (χ0v) is 14.8. The number of hydrogen-bond donors (Lipinski definition) is 1. The molecule has 1 aliphatic rings. The van der Waals surface area contributed by atoms with Crippen molar-refractivity contribution in [2.24, 2.45) is 5.92 Å². The van der Waals surface area contributed by atoms with Crippen LogP contribution in [0.1, 0.15) is 22.8 Å². The molecule has 134 valence electrons. The topological polar surface area (TPSA) is 90.0 Å². The van der Waals surface area contributed by atoms with E-state index in [1.807, 2.05) is 32.0 Å². The average molecular weight is 352 g/mol. The molecule has 0 bridgehead atoms. The summed E-state index contributed by atoms with van der Waals surface area (Å²) in [6.45, 7) is 5.28. The van der Waals surface area contributed by atoms with Gasteiger partial charge in [0.1, 0.15) is 17.2 Å². The van der Waals surface area contributed by atoms with E-state index in [0.29, 0.717) is 23.6 Å². The van der Waals surface area contributed by atoms with Crippen LogP contribution < -0.4 is 10.9 Å². The Balaban J connectivity index is 1.43. The van der Waals surface area contributed by atoms with E-state index in [4.69, 9.17) is 4.42 Å². The van der Waals surface area contributed by atoms with Crippen molar-refractivity contribution in [2.75, 3.05) is 6.54 Å². The van der Waals surface area contributed by atoms with Crippen LogP contribution in [-0.4, -0.2) is 27.2 Å². The number of hydrogen-bond acceptors (Lipinski definition) is 5. The molecule has 1 aliphatic heterocycles. The Hall–Kier alpha value is -2.96. The summed E-state index contributed by atoms with van der Waals surface area (Å²) in [6.07, 6.45) is 0.973. The minimum absolute atomic E-state index is 0.100. The summed E-state index contributed by atoms with van der Waals surface area (Å²) in [7, 11) is 0. The van der Waals surface area contributed by atoms with Crippen molar-refractivity contribution in [3.8, 4) is 0 Å². The fourth-order valence-corrected chi connectivity index (χ4v) is 3.51.